The first-order valence-electron chi connectivity index (χ1n) is 5.92. The zero-order valence-electron chi connectivity index (χ0n) is 10.4. The quantitative estimate of drug-likeness (QED) is 0.766. The van der Waals surface area contributed by atoms with Crippen LogP contribution in [0.1, 0.15) is 30.1 Å². The van der Waals surface area contributed by atoms with Crippen molar-refractivity contribution >= 4 is 17.8 Å². The molecule has 0 radical (unpaired) electrons. The number of imide groups is 1. The van der Waals surface area contributed by atoms with E-state index in [1.54, 1.807) is 12.1 Å². The molecule has 0 bridgehead atoms. The predicted octanol–water partition coefficient (Wildman–Crippen LogP) is 1.31. The van der Waals surface area contributed by atoms with E-state index in [0.717, 1.165) is 0 Å². The third kappa shape index (κ3) is 2.90. The molecule has 0 aliphatic carbocycles. The molecule has 0 saturated carbocycles. The van der Waals surface area contributed by atoms with Crippen molar-refractivity contribution in [1.29, 1.82) is 0 Å². The smallest absolute Gasteiger partial charge is 0.364 e. The second-order valence-corrected chi connectivity index (χ2v) is 3.92. The molecule has 1 fully saturated rings. The maximum Gasteiger partial charge on any atom is 0.364 e. The van der Waals surface area contributed by atoms with Crippen molar-refractivity contribution in [2.24, 2.45) is 0 Å². The number of nitrogens with zero attached hydrogens (tertiary/aromatic N) is 1. The largest absolute Gasteiger partial charge is 0.494 e. The summed E-state index contributed by atoms with van der Waals surface area (Å²) < 4.78 is 5.25. The number of benzene rings is 1. The van der Waals surface area contributed by atoms with Gasteiger partial charge in [0.1, 0.15) is 5.75 Å². The number of carbonyl (C=O) groups excluding carboxylic acids is 3. The Kier molecular flexibility index (Phi) is 3.79. The fourth-order valence-electron chi connectivity index (χ4n) is 1.67. The third-order valence-corrected chi connectivity index (χ3v) is 2.56. The topological polar surface area (TPSA) is 72.9 Å². The van der Waals surface area contributed by atoms with E-state index >= 15 is 0 Å². The van der Waals surface area contributed by atoms with Crippen LogP contribution in [0.25, 0.3) is 0 Å². The van der Waals surface area contributed by atoms with Crippen LogP contribution < -0.4 is 4.74 Å². The minimum atomic E-state index is -0.759. The molecule has 0 aromatic heterocycles. The van der Waals surface area contributed by atoms with Gasteiger partial charge in [0.2, 0.25) is 0 Å². The van der Waals surface area contributed by atoms with Crippen LogP contribution in [-0.4, -0.2) is 29.5 Å². The molecule has 2 amide bonds. The van der Waals surface area contributed by atoms with Crippen molar-refractivity contribution in [2.45, 2.75) is 19.8 Å². The minimum Gasteiger partial charge on any atom is -0.494 e. The van der Waals surface area contributed by atoms with Crippen LogP contribution >= 0.6 is 0 Å². The maximum atomic E-state index is 11.8. The highest BCUT2D eigenvalue weighted by Crippen LogP contribution is 2.17. The average Bonchev–Trinajstić information content (AvgIpc) is 2.71. The lowest BCUT2D eigenvalue weighted by Gasteiger charge is -2.12. The van der Waals surface area contributed by atoms with Crippen LogP contribution in [0.15, 0.2) is 24.3 Å². The molecule has 1 aliphatic heterocycles. The molecule has 100 valence electrons. The highest BCUT2D eigenvalue weighted by molar-refractivity contribution is 6.02. The van der Waals surface area contributed by atoms with Crippen LogP contribution in [0.5, 0.6) is 5.75 Å². The van der Waals surface area contributed by atoms with Crippen molar-refractivity contribution in [2.75, 3.05) is 6.61 Å². The van der Waals surface area contributed by atoms with Gasteiger partial charge < -0.3 is 9.57 Å². The van der Waals surface area contributed by atoms with Gasteiger partial charge in [0.05, 0.1) is 12.2 Å². The fraction of sp³-hybridized carbons (Fsp3) is 0.308. The molecule has 6 heteroatoms. The van der Waals surface area contributed by atoms with Gasteiger partial charge in [-0.05, 0) is 25.1 Å². The van der Waals surface area contributed by atoms with Gasteiger partial charge >= 0.3 is 5.97 Å². The van der Waals surface area contributed by atoms with Gasteiger partial charge in [0.15, 0.2) is 0 Å². The normalized spacial score (nSPS) is 14.7. The molecule has 1 saturated heterocycles. The Morgan fingerprint density at radius 3 is 2.58 bits per heavy atom. The molecule has 0 atom stereocenters. The Labute approximate surface area is 109 Å². The van der Waals surface area contributed by atoms with Gasteiger partial charge in [-0.3, -0.25) is 9.59 Å². The van der Waals surface area contributed by atoms with Gasteiger partial charge in [-0.1, -0.05) is 6.07 Å². The summed E-state index contributed by atoms with van der Waals surface area (Å²) in [6.45, 7) is 2.30. The van der Waals surface area contributed by atoms with Crippen LogP contribution in [0.2, 0.25) is 0 Å². The zero-order valence-corrected chi connectivity index (χ0v) is 10.4. The van der Waals surface area contributed by atoms with E-state index in [1.165, 1.54) is 12.1 Å². The summed E-state index contributed by atoms with van der Waals surface area (Å²) in [7, 11) is 0. The highest BCUT2D eigenvalue weighted by atomic mass is 16.7. The Bertz CT molecular complexity index is 510. The van der Waals surface area contributed by atoms with Crippen molar-refractivity contribution in [3.8, 4) is 5.75 Å². The number of hydrogen-bond acceptors (Lipinski definition) is 5. The number of rotatable bonds is 4. The predicted molar refractivity (Wildman–Crippen MR) is 64.1 cm³/mol. The Hall–Kier alpha value is -2.37. The number of ether oxygens (including phenoxy) is 1. The molecule has 0 unspecified atom stereocenters. The van der Waals surface area contributed by atoms with Crippen LogP contribution in [-0.2, 0) is 14.4 Å². The second-order valence-electron chi connectivity index (χ2n) is 3.92. The summed E-state index contributed by atoms with van der Waals surface area (Å²) in [6.07, 6.45) is 0.149. The number of hydrogen-bond donors (Lipinski definition) is 0. The van der Waals surface area contributed by atoms with E-state index in [9.17, 15) is 14.4 Å². The van der Waals surface area contributed by atoms with E-state index in [1.807, 2.05) is 6.92 Å². The van der Waals surface area contributed by atoms with Crippen molar-refractivity contribution < 1.29 is 24.0 Å². The van der Waals surface area contributed by atoms with E-state index in [2.05, 4.69) is 0 Å². The van der Waals surface area contributed by atoms with Gasteiger partial charge in [0, 0.05) is 12.8 Å². The Morgan fingerprint density at radius 1 is 1.26 bits per heavy atom. The molecule has 1 aromatic rings. The first-order chi connectivity index (χ1) is 9.11. The molecule has 1 aliphatic rings. The van der Waals surface area contributed by atoms with Crippen LogP contribution in [0, 0.1) is 0 Å². The van der Waals surface area contributed by atoms with Gasteiger partial charge in [-0.25, -0.2) is 4.79 Å². The average molecular weight is 263 g/mol. The van der Waals surface area contributed by atoms with E-state index in [4.69, 9.17) is 9.57 Å². The first-order valence-corrected chi connectivity index (χ1v) is 5.92. The first kappa shape index (κ1) is 13.1. The summed E-state index contributed by atoms with van der Waals surface area (Å²) in [5.74, 6) is -1.24. The zero-order chi connectivity index (χ0) is 13.8. The summed E-state index contributed by atoms with van der Waals surface area (Å²) >= 11 is 0. The summed E-state index contributed by atoms with van der Waals surface area (Å²) in [5.41, 5.74) is 0.221. The Balaban J connectivity index is 2.09. The number of amides is 2. The lowest BCUT2D eigenvalue weighted by Crippen LogP contribution is -2.32. The monoisotopic (exact) mass is 263 g/mol. The molecule has 6 nitrogen and oxygen atoms in total. The molecular formula is C13H13NO5. The van der Waals surface area contributed by atoms with Crippen molar-refractivity contribution in [1.82, 2.24) is 5.06 Å². The van der Waals surface area contributed by atoms with Crippen molar-refractivity contribution in [3.05, 3.63) is 29.8 Å². The molecule has 1 heterocycles. The summed E-state index contributed by atoms with van der Waals surface area (Å²) in [4.78, 5) is 39.3. The number of carbonyl (C=O) groups is 3. The van der Waals surface area contributed by atoms with Gasteiger partial charge in [-0.2, -0.15) is 0 Å². The van der Waals surface area contributed by atoms with Gasteiger partial charge in [-0.15, -0.1) is 5.06 Å². The van der Waals surface area contributed by atoms with E-state index in [-0.39, 0.29) is 18.4 Å². The number of hydroxylamine groups is 2. The molecule has 0 spiro atoms. The molecule has 19 heavy (non-hydrogen) atoms. The maximum absolute atomic E-state index is 11.8. The highest BCUT2D eigenvalue weighted by Gasteiger charge is 2.33. The standard InChI is InChI=1S/C13H13NO5/c1-2-18-10-5-3-4-9(8-10)13(17)19-14-11(15)6-7-12(14)16/h3-5,8H,2,6-7H2,1H3. The Morgan fingerprint density at radius 2 is 1.95 bits per heavy atom. The van der Waals surface area contributed by atoms with Crippen LogP contribution in [0.3, 0.4) is 0 Å². The summed E-state index contributed by atoms with van der Waals surface area (Å²) in [6, 6.07) is 6.36. The third-order valence-electron chi connectivity index (χ3n) is 2.56. The lowest BCUT2D eigenvalue weighted by atomic mass is 10.2. The lowest BCUT2D eigenvalue weighted by molar-refractivity contribution is -0.172. The van der Waals surface area contributed by atoms with E-state index < -0.39 is 17.8 Å². The fourth-order valence-corrected chi connectivity index (χ4v) is 1.67. The molecule has 0 N–H and O–H groups in total. The molecule has 2 rings (SSSR count). The second kappa shape index (κ2) is 5.51. The van der Waals surface area contributed by atoms with Gasteiger partial charge in [0.25, 0.3) is 11.8 Å². The molecule has 1 aromatic carbocycles. The minimum absolute atomic E-state index is 0.0745. The summed E-state index contributed by atoms with van der Waals surface area (Å²) in [5, 5.41) is 0.523. The van der Waals surface area contributed by atoms with Crippen LogP contribution in [0.4, 0.5) is 0 Å². The SMILES string of the molecule is CCOc1cccc(C(=O)ON2C(=O)CCC2=O)c1. The van der Waals surface area contributed by atoms with E-state index in [0.29, 0.717) is 17.4 Å². The van der Waals surface area contributed by atoms with Crippen molar-refractivity contribution in [3.63, 3.8) is 0 Å². The molecular weight excluding hydrogens is 250 g/mol.